The van der Waals surface area contributed by atoms with Gasteiger partial charge in [0.2, 0.25) is 5.91 Å². The molecule has 130 valence electrons. The first-order chi connectivity index (χ1) is 12.5. The quantitative estimate of drug-likeness (QED) is 0.416. The number of nitrogens with zero attached hydrogens (tertiary/aromatic N) is 2. The topological polar surface area (TPSA) is 117 Å². The summed E-state index contributed by atoms with van der Waals surface area (Å²) in [4.78, 5) is 36.7. The summed E-state index contributed by atoms with van der Waals surface area (Å²) in [6.45, 7) is 0. The van der Waals surface area contributed by atoms with E-state index in [4.69, 9.17) is 0 Å². The molecule has 2 N–H and O–H groups in total. The number of benzene rings is 2. The molecule has 0 radical (unpaired) electrons. The molecule has 2 aromatic carbocycles. The summed E-state index contributed by atoms with van der Waals surface area (Å²) in [5, 5.41) is 15.2. The molecule has 0 bridgehead atoms. The van der Waals surface area contributed by atoms with Crippen LogP contribution in [0.25, 0.3) is 10.9 Å². The van der Waals surface area contributed by atoms with Crippen molar-refractivity contribution in [3.05, 3.63) is 86.2 Å². The van der Waals surface area contributed by atoms with Gasteiger partial charge in [-0.1, -0.05) is 30.3 Å². The van der Waals surface area contributed by atoms with E-state index in [9.17, 15) is 19.7 Å². The van der Waals surface area contributed by atoms with E-state index in [1.807, 2.05) is 18.2 Å². The van der Waals surface area contributed by atoms with E-state index in [1.165, 1.54) is 30.5 Å². The Morgan fingerprint density at radius 2 is 1.92 bits per heavy atom. The molecule has 1 heterocycles. The van der Waals surface area contributed by atoms with E-state index >= 15 is 0 Å². The smallest absolute Gasteiger partial charge is 0.269 e. The second-order valence-corrected chi connectivity index (χ2v) is 5.53. The minimum atomic E-state index is -0.505. The number of nitro groups is 1. The lowest BCUT2D eigenvalue weighted by molar-refractivity contribution is -0.384. The van der Waals surface area contributed by atoms with Crippen LogP contribution in [0.3, 0.4) is 0 Å². The number of hydrogen-bond donors (Lipinski definition) is 2. The maximum absolute atomic E-state index is 12.0. The summed E-state index contributed by atoms with van der Waals surface area (Å²) < 4.78 is 0. The van der Waals surface area contributed by atoms with E-state index in [1.54, 1.807) is 12.1 Å². The van der Waals surface area contributed by atoms with E-state index in [-0.39, 0.29) is 17.7 Å². The first-order valence-electron chi connectivity index (χ1n) is 7.70. The van der Waals surface area contributed by atoms with E-state index in [0.717, 1.165) is 10.9 Å². The fourth-order valence-electron chi connectivity index (χ4n) is 2.39. The standard InChI is InChI=1S/C18H14N4O4/c23-17(9-12-5-7-15(8-6-12)22(25)26)21-19-11-14-10-13-3-1-2-4-16(13)20-18(14)24/h1-8,10-11H,9H2,(H,20,24)(H,21,23)/b19-11-. The molecule has 0 aliphatic rings. The lowest BCUT2D eigenvalue weighted by Crippen LogP contribution is -2.20. The molecule has 0 saturated heterocycles. The molecule has 3 aromatic rings. The number of rotatable bonds is 5. The number of H-pyrrole nitrogens is 1. The third-order valence-electron chi connectivity index (χ3n) is 3.69. The lowest BCUT2D eigenvalue weighted by Gasteiger charge is -2.01. The van der Waals surface area contributed by atoms with Gasteiger partial charge in [-0.2, -0.15) is 5.10 Å². The molecule has 0 fully saturated rings. The van der Waals surface area contributed by atoms with Crippen molar-refractivity contribution in [2.75, 3.05) is 0 Å². The van der Waals surface area contributed by atoms with Crippen LogP contribution in [0.1, 0.15) is 11.1 Å². The van der Waals surface area contributed by atoms with Gasteiger partial charge in [0.15, 0.2) is 0 Å². The molecule has 26 heavy (non-hydrogen) atoms. The van der Waals surface area contributed by atoms with Crippen molar-refractivity contribution < 1.29 is 9.72 Å². The third kappa shape index (κ3) is 3.99. The van der Waals surface area contributed by atoms with Gasteiger partial charge in [0, 0.05) is 17.6 Å². The Labute approximate surface area is 147 Å². The van der Waals surface area contributed by atoms with Gasteiger partial charge in [0.05, 0.1) is 23.1 Å². The van der Waals surface area contributed by atoms with Crippen LogP contribution < -0.4 is 11.0 Å². The minimum Gasteiger partial charge on any atom is -0.321 e. The number of fused-ring (bicyclic) bond motifs is 1. The number of para-hydroxylation sites is 1. The zero-order valence-corrected chi connectivity index (χ0v) is 13.5. The number of aromatic amines is 1. The summed E-state index contributed by atoms with van der Waals surface area (Å²) >= 11 is 0. The Kier molecular flexibility index (Phi) is 4.84. The van der Waals surface area contributed by atoms with Crippen molar-refractivity contribution in [2.45, 2.75) is 6.42 Å². The molecule has 1 aromatic heterocycles. The highest BCUT2D eigenvalue weighted by Gasteiger charge is 2.07. The number of carbonyl (C=O) groups excluding carboxylic acids is 1. The number of hydrogen-bond acceptors (Lipinski definition) is 5. The van der Waals surface area contributed by atoms with Gasteiger partial charge < -0.3 is 4.98 Å². The maximum Gasteiger partial charge on any atom is 0.269 e. The van der Waals surface area contributed by atoms with Gasteiger partial charge in [-0.3, -0.25) is 19.7 Å². The number of amides is 1. The number of hydrazone groups is 1. The number of nitrogens with one attached hydrogen (secondary N) is 2. The average molecular weight is 350 g/mol. The Bertz CT molecular complexity index is 1050. The van der Waals surface area contributed by atoms with Crippen LogP contribution in [0.5, 0.6) is 0 Å². The first kappa shape index (κ1) is 17.0. The van der Waals surface area contributed by atoms with E-state index < -0.39 is 10.8 Å². The monoisotopic (exact) mass is 350 g/mol. The van der Waals surface area contributed by atoms with Crippen molar-refractivity contribution in [3.8, 4) is 0 Å². The molecule has 0 aliphatic heterocycles. The van der Waals surface area contributed by atoms with Crippen LogP contribution in [-0.4, -0.2) is 22.0 Å². The molecular formula is C18H14N4O4. The van der Waals surface area contributed by atoms with Gasteiger partial charge in [-0.05, 0) is 23.1 Å². The van der Waals surface area contributed by atoms with Gasteiger partial charge >= 0.3 is 0 Å². The number of nitro benzene ring substituents is 1. The third-order valence-corrected chi connectivity index (χ3v) is 3.69. The molecule has 8 nitrogen and oxygen atoms in total. The van der Waals surface area contributed by atoms with Crippen molar-refractivity contribution in [1.29, 1.82) is 0 Å². The maximum atomic E-state index is 12.0. The van der Waals surface area contributed by atoms with Crippen LogP contribution in [-0.2, 0) is 11.2 Å². The minimum absolute atomic E-state index is 0.0173. The van der Waals surface area contributed by atoms with E-state index in [0.29, 0.717) is 11.1 Å². The van der Waals surface area contributed by atoms with Crippen molar-refractivity contribution in [3.63, 3.8) is 0 Å². The fourth-order valence-corrected chi connectivity index (χ4v) is 2.39. The molecule has 3 rings (SSSR count). The van der Waals surface area contributed by atoms with Gasteiger partial charge in [0.1, 0.15) is 0 Å². The van der Waals surface area contributed by atoms with E-state index in [2.05, 4.69) is 15.5 Å². The van der Waals surface area contributed by atoms with Crippen LogP contribution >= 0.6 is 0 Å². The van der Waals surface area contributed by atoms with Crippen molar-refractivity contribution in [2.24, 2.45) is 5.10 Å². The molecule has 0 saturated carbocycles. The summed E-state index contributed by atoms with van der Waals surface area (Å²) in [5.41, 5.74) is 3.64. The Hall–Kier alpha value is -3.81. The highest BCUT2D eigenvalue weighted by Crippen LogP contribution is 2.12. The van der Waals surface area contributed by atoms with Gasteiger partial charge in [0.25, 0.3) is 11.2 Å². The lowest BCUT2D eigenvalue weighted by atomic mass is 10.1. The molecule has 1 amide bonds. The largest absolute Gasteiger partial charge is 0.321 e. The second kappa shape index (κ2) is 7.39. The number of aromatic nitrogens is 1. The average Bonchev–Trinajstić information content (AvgIpc) is 2.62. The predicted molar refractivity (Wildman–Crippen MR) is 97.1 cm³/mol. The zero-order chi connectivity index (χ0) is 18.5. The summed E-state index contributed by atoms with van der Waals surface area (Å²) in [6.07, 6.45) is 1.29. The number of carbonyl (C=O) groups is 1. The summed E-state index contributed by atoms with van der Waals surface area (Å²) in [7, 11) is 0. The Morgan fingerprint density at radius 1 is 1.19 bits per heavy atom. The number of non-ortho nitro benzene ring substituents is 1. The summed E-state index contributed by atoms with van der Waals surface area (Å²) in [5.74, 6) is -0.396. The SMILES string of the molecule is O=C(Cc1ccc([N+](=O)[O-])cc1)N/N=C\c1cc2ccccc2[nH]c1=O. The molecular weight excluding hydrogens is 336 g/mol. The van der Waals surface area contributed by atoms with Crippen molar-refractivity contribution >= 4 is 28.7 Å². The van der Waals surface area contributed by atoms with Crippen molar-refractivity contribution in [1.82, 2.24) is 10.4 Å². The summed E-state index contributed by atoms with van der Waals surface area (Å²) in [6, 6.07) is 14.7. The number of pyridine rings is 1. The van der Waals surface area contributed by atoms with Crippen LogP contribution in [0, 0.1) is 10.1 Å². The van der Waals surface area contributed by atoms with Crippen LogP contribution in [0.2, 0.25) is 0 Å². The Morgan fingerprint density at radius 3 is 2.65 bits per heavy atom. The van der Waals surface area contributed by atoms with Gasteiger partial charge in [-0.15, -0.1) is 0 Å². The predicted octanol–water partition coefficient (Wildman–Crippen LogP) is 2.13. The first-order valence-corrected chi connectivity index (χ1v) is 7.70. The van der Waals surface area contributed by atoms with Gasteiger partial charge in [-0.25, -0.2) is 5.43 Å². The van der Waals surface area contributed by atoms with Crippen LogP contribution in [0.15, 0.2) is 64.5 Å². The highest BCUT2D eigenvalue weighted by molar-refractivity contribution is 5.88. The second-order valence-electron chi connectivity index (χ2n) is 5.53. The molecule has 8 heteroatoms. The fraction of sp³-hybridized carbons (Fsp3) is 0.0556. The molecule has 0 unspecified atom stereocenters. The molecule has 0 aliphatic carbocycles. The Balaban J connectivity index is 1.64. The zero-order valence-electron chi connectivity index (χ0n) is 13.5. The van der Waals surface area contributed by atoms with Crippen LogP contribution in [0.4, 0.5) is 5.69 Å². The molecule has 0 spiro atoms. The highest BCUT2D eigenvalue weighted by atomic mass is 16.6. The molecule has 0 atom stereocenters. The normalized spacial score (nSPS) is 10.9.